The van der Waals surface area contributed by atoms with Gasteiger partial charge in [-0.15, -0.1) is 10.2 Å². The molecule has 0 radical (unpaired) electrons. The molecule has 1 aromatic heterocycles. The topological polar surface area (TPSA) is 56.0 Å². The van der Waals surface area contributed by atoms with Crippen molar-refractivity contribution >= 4 is 6.29 Å². The second kappa shape index (κ2) is 3.97. The van der Waals surface area contributed by atoms with Gasteiger partial charge in [-0.05, 0) is 25.0 Å². The first-order valence-electron chi connectivity index (χ1n) is 5.47. The van der Waals surface area contributed by atoms with E-state index < -0.39 is 17.2 Å². The van der Waals surface area contributed by atoms with E-state index in [1.807, 2.05) is 0 Å². The van der Waals surface area contributed by atoms with E-state index >= 15 is 0 Å². The summed E-state index contributed by atoms with van der Waals surface area (Å²) in [4.78, 5) is 10.5. The molecule has 1 aliphatic rings. The van der Waals surface area contributed by atoms with Crippen LogP contribution in [-0.2, 0) is 0 Å². The molecule has 0 unspecified atom stereocenters. The molecule has 1 fully saturated rings. The highest BCUT2D eigenvalue weighted by atomic mass is 19.1. The summed E-state index contributed by atoms with van der Waals surface area (Å²) in [6, 6.07) is 2.02. The highest BCUT2D eigenvalue weighted by Crippen LogP contribution is 2.40. The van der Waals surface area contributed by atoms with E-state index in [2.05, 4.69) is 10.2 Å². The Bertz CT molecular complexity index is 597. The summed E-state index contributed by atoms with van der Waals surface area (Å²) in [6.45, 7) is 0. The van der Waals surface area contributed by atoms with Crippen LogP contribution in [0.5, 0.6) is 0 Å². The van der Waals surface area contributed by atoms with E-state index in [9.17, 15) is 13.6 Å². The summed E-state index contributed by atoms with van der Waals surface area (Å²) in [5.41, 5.74) is -0.462. The van der Waals surface area contributed by atoms with Gasteiger partial charge in [0.25, 0.3) is 0 Å². The van der Waals surface area contributed by atoms with E-state index in [0.717, 1.165) is 25.0 Å². The van der Waals surface area contributed by atoms with Gasteiger partial charge in [-0.3, -0.25) is 4.79 Å². The maximum atomic E-state index is 13.4. The number of benzene rings is 1. The first-order valence-corrected chi connectivity index (χ1v) is 5.47. The number of aldehydes is 1. The molecule has 18 heavy (non-hydrogen) atoms. The molecule has 2 aromatic rings. The summed E-state index contributed by atoms with van der Waals surface area (Å²) in [6.07, 6.45) is 2.13. The minimum Gasteiger partial charge on any atom is -0.420 e. The van der Waals surface area contributed by atoms with Gasteiger partial charge in [-0.1, -0.05) is 0 Å². The lowest BCUT2D eigenvalue weighted by Gasteiger charge is -2.00. The van der Waals surface area contributed by atoms with Crippen LogP contribution in [0, 0.1) is 11.6 Å². The smallest absolute Gasteiger partial charge is 0.247 e. The predicted octanol–water partition coefficient (Wildman–Crippen LogP) is 2.70. The molecule has 1 aromatic carbocycles. The van der Waals surface area contributed by atoms with Crippen LogP contribution in [-0.4, -0.2) is 16.5 Å². The summed E-state index contributed by atoms with van der Waals surface area (Å²) < 4.78 is 32.2. The summed E-state index contributed by atoms with van der Waals surface area (Å²) in [7, 11) is 0. The van der Waals surface area contributed by atoms with Gasteiger partial charge in [0.2, 0.25) is 11.8 Å². The van der Waals surface area contributed by atoms with Crippen LogP contribution in [0.25, 0.3) is 11.5 Å². The van der Waals surface area contributed by atoms with E-state index in [1.165, 1.54) is 0 Å². The monoisotopic (exact) mass is 250 g/mol. The lowest BCUT2D eigenvalue weighted by atomic mass is 10.1. The van der Waals surface area contributed by atoms with Gasteiger partial charge in [0.1, 0.15) is 11.6 Å². The standard InChI is InChI=1S/C12H8F2N2O2/c13-9-3-7(4-10(14)8(9)5-17)12-16-15-11(18-12)6-1-2-6/h3-6H,1-2H2. The van der Waals surface area contributed by atoms with Crippen LogP contribution in [0.15, 0.2) is 16.5 Å². The fraction of sp³-hybridized carbons (Fsp3) is 0.250. The van der Waals surface area contributed by atoms with Crippen molar-refractivity contribution in [3.63, 3.8) is 0 Å². The Labute approximate surface area is 101 Å². The number of aromatic nitrogens is 2. The van der Waals surface area contributed by atoms with Gasteiger partial charge in [-0.2, -0.15) is 0 Å². The number of carbonyl (C=O) groups is 1. The zero-order valence-electron chi connectivity index (χ0n) is 9.19. The molecule has 0 N–H and O–H groups in total. The second-order valence-electron chi connectivity index (χ2n) is 4.19. The Kier molecular flexibility index (Phi) is 2.43. The maximum absolute atomic E-state index is 13.4. The number of halogens is 2. The molecule has 3 rings (SSSR count). The van der Waals surface area contributed by atoms with Crippen molar-refractivity contribution in [2.24, 2.45) is 0 Å². The van der Waals surface area contributed by atoms with Gasteiger partial charge in [0.15, 0.2) is 6.29 Å². The second-order valence-corrected chi connectivity index (χ2v) is 4.19. The largest absolute Gasteiger partial charge is 0.420 e. The minimum absolute atomic E-state index is 0.0622. The maximum Gasteiger partial charge on any atom is 0.247 e. The number of nitrogens with zero attached hydrogens (tertiary/aromatic N) is 2. The van der Waals surface area contributed by atoms with E-state index in [1.54, 1.807) is 0 Å². The average Bonchev–Trinajstić information content (AvgIpc) is 3.07. The number of carbonyl (C=O) groups excluding carboxylic acids is 1. The van der Waals surface area contributed by atoms with Crippen molar-refractivity contribution in [3.05, 3.63) is 35.2 Å². The molecule has 0 atom stereocenters. The van der Waals surface area contributed by atoms with E-state index in [4.69, 9.17) is 4.42 Å². The minimum atomic E-state index is -0.939. The van der Waals surface area contributed by atoms with Gasteiger partial charge < -0.3 is 4.42 Å². The van der Waals surface area contributed by atoms with Crippen LogP contribution in [0.4, 0.5) is 8.78 Å². The molecule has 1 heterocycles. The first-order chi connectivity index (χ1) is 8.69. The van der Waals surface area contributed by atoms with Gasteiger partial charge >= 0.3 is 0 Å². The van der Waals surface area contributed by atoms with Crippen LogP contribution < -0.4 is 0 Å². The predicted molar refractivity (Wildman–Crippen MR) is 57.0 cm³/mol. The van der Waals surface area contributed by atoms with Crippen molar-refractivity contribution < 1.29 is 18.0 Å². The Morgan fingerprint density at radius 2 is 1.89 bits per heavy atom. The zero-order chi connectivity index (χ0) is 12.7. The molecule has 0 saturated heterocycles. The van der Waals surface area contributed by atoms with Crippen LogP contribution in [0.2, 0.25) is 0 Å². The van der Waals surface area contributed by atoms with Crippen molar-refractivity contribution in [2.45, 2.75) is 18.8 Å². The third-order valence-electron chi connectivity index (χ3n) is 2.81. The fourth-order valence-corrected chi connectivity index (χ4v) is 1.67. The summed E-state index contributed by atoms with van der Waals surface area (Å²) in [5, 5.41) is 7.57. The van der Waals surface area contributed by atoms with E-state index in [-0.39, 0.29) is 23.7 Å². The van der Waals surface area contributed by atoms with Crippen molar-refractivity contribution in [2.75, 3.05) is 0 Å². The van der Waals surface area contributed by atoms with Crippen molar-refractivity contribution in [3.8, 4) is 11.5 Å². The molecule has 0 spiro atoms. The molecule has 0 aliphatic heterocycles. The normalized spacial score (nSPS) is 14.8. The first kappa shape index (κ1) is 11.0. The van der Waals surface area contributed by atoms with Crippen LogP contribution >= 0.6 is 0 Å². The molecule has 1 saturated carbocycles. The molecule has 0 bridgehead atoms. The third kappa shape index (κ3) is 1.79. The molecule has 4 nitrogen and oxygen atoms in total. The van der Waals surface area contributed by atoms with Gasteiger partial charge in [0.05, 0.1) is 5.56 Å². The quantitative estimate of drug-likeness (QED) is 0.786. The summed E-state index contributed by atoms with van der Waals surface area (Å²) in [5.74, 6) is -1.05. The van der Waals surface area contributed by atoms with Crippen molar-refractivity contribution in [1.82, 2.24) is 10.2 Å². The van der Waals surface area contributed by atoms with Crippen molar-refractivity contribution in [1.29, 1.82) is 0 Å². The Morgan fingerprint density at radius 1 is 1.22 bits per heavy atom. The lowest BCUT2D eigenvalue weighted by molar-refractivity contribution is 0.111. The highest BCUT2D eigenvalue weighted by Gasteiger charge is 2.29. The molecule has 0 amide bonds. The third-order valence-corrected chi connectivity index (χ3v) is 2.81. The molecule has 6 heteroatoms. The Balaban J connectivity index is 2.02. The average molecular weight is 250 g/mol. The van der Waals surface area contributed by atoms with Crippen LogP contribution in [0.1, 0.15) is 35.0 Å². The molecular formula is C12H8F2N2O2. The van der Waals surface area contributed by atoms with Crippen LogP contribution in [0.3, 0.4) is 0 Å². The number of hydrogen-bond acceptors (Lipinski definition) is 4. The SMILES string of the molecule is O=Cc1c(F)cc(-c2nnc(C3CC3)o2)cc1F. The molecule has 92 valence electrons. The molecule has 1 aliphatic carbocycles. The highest BCUT2D eigenvalue weighted by molar-refractivity contribution is 5.77. The molecular weight excluding hydrogens is 242 g/mol. The zero-order valence-corrected chi connectivity index (χ0v) is 9.19. The Morgan fingerprint density at radius 3 is 2.44 bits per heavy atom. The van der Waals surface area contributed by atoms with Gasteiger partial charge in [0, 0.05) is 11.5 Å². The number of rotatable bonds is 3. The Hall–Kier alpha value is -2.11. The van der Waals surface area contributed by atoms with E-state index in [0.29, 0.717) is 5.89 Å². The fourth-order valence-electron chi connectivity index (χ4n) is 1.67. The lowest BCUT2D eigenvalue weighted by Crippen LogP contribution is -1.94. The summed E-state index contributed by atoms with van der Waals surface area (Å²) >= 11 is 0. The number of hydrogen-bond donors (Lipinski definition) is 0. The van der Waals surface area contributed by atoms with Gasteiger partial charge in [-0.25, -0.2) is 8.78 Å².